The predicted octanol–water partition coefficient (Wildman–Crippen LogP) is 1.13. The lowest BCUT2D eigenvalue weighted by atomic mass is 10.1. The molecular formula is C10H18N4O2. The van der Waals surface area contributed by atoms with Gasteiger partial charge in [-0.05, 0) is 29.2 Å². The fourth-order valence-electron chi connectivity index (χ4n) is 1.45. The highest BCUT2D eigenvalue weighted by atomic mass is 16.4. The minimum Gasteiger partial charge on any atom is -0.481 e. The first-order valence-electron chi connectivity index (χ1n) is 5.56. The molecule has 90 valence electrons. The van der Waals surface area contributed by atoms with Gasteiger partial charge in [0.05, 0.1) is 0 Å². The van der Waals surface area contributed by atoms with Crippen LogP contribution in [0.15, 0.2) is 0 Å². The van der Waals surface area contributed by atoms with E-state index in [4.69, 9.17) is 5.11 Å². The average molecular weight is 226 g/mol. The molecule has 0 fully saturated rings. The Balaban J connectivity index is 2.35. The average Bonchev–Trinajstić information content (AvgIpc) is 2.59. The van der Waals surface area contributed by atoms with Gasteiger partial charge in [0.25, 0.3) is 0 Å². The van der Waals surface area contributed by atoms with Crippen molar-refractivity contribution in [3.8, 4) is 0 Å². The lowest BCUT2D eigenvalue weighted by Crippen LogP contribution is -2.09. The predicted molar refractivity (Wildman–Crippen MR) is 57.8 cm³/mol. The van der Waals surface area contributed by atoms with Gasteiger partial charge in [0.15, 0.2) is 5.82 Å². The Labute approximate surface area is 94.7 Å². The van der Waals surface area contributed by atoms with Crippen molar-refractivity contribution < 1.29 is 9.90 Å². The maximum Gasteiger partial charge on any atom is 0.303 e. The quantitative estimate of drug-likeness (QED) is 0.705. The van der Waals surface area contributed by atoms with Gasteiger partial charge in [0.1, 0.15) is 0 Å². The zero-order chi connectivity index (χ0) is 12.0. The van der Waals surface area contributed by atoms with Gasteiger partial charge in [0, 0.05) is 19.4 Å². The summed E-state index contributed by atoms with van der Waals surface area (Å²) in [5.74, 6) is 0.646. The molecule has 1 aromatic rings. The molecule has 0 aliphatic rings. The van der Waals surface area contributed by atoms with Crippen molar-refractivity contribution in [2.45, 2.75) is 46.1 Å². The molecule has 0 aliphatic carbocycles. The zero-order valence-corrected chi connectivity index (χ0v) is 9.76. The van der Waals surface area contributed by atoms with Crippen LogP contribution in [-0.2, 0) is 17.8 Å². The molecule has 0 unspecified atom stereocenters. The smallest absolute Gasteiger partial charge is 0.303 e. The fraction of sp³-hybridized carbons (Fsp3) is 0.800. The highest BCUT2D eigenvalue weighted by Crippen LogP contribution is 2.05. The summed E-state index contributed by atoms with van der Waals surface area (Å²) in [6.07, 6.45) is 2.52. The summed E-state index contributed by atoms with van der Waals surface area (Å²) < 4.78 is 1.77. The minimum atomic E-state index is -0.751. The molecule has 0 bridgehead atoms. The van der Waals surface area contributed by atoms with Crippen molar-refractivity contribution >= 4 is 5.97 Å². The van der Waals surface area contributed by atoms with Crippen molar-refractivity contribution in [2.75, 3.05) is 0 Å². The summed E-state index contributed by atoms with van der Waals surface area (Å²) in [5, 5.41) is 20.0. The van der Waals surface area contributed by atoms with Crippen LogP contribution in [0.5, 0.6) is 0 Å². The molecule has 1 heterocycles. The van der Waals surface area contributed by atoms with Gasteiger partial charge in [-0.3, -0.25) is 4.79 Å². The number of carbonyl (C=O) groups is 1. The highest BCUT2D eigenvalue weighted by Gasteiger charge is 2.07. The van der Waals surface area contributed by atoms with E-state index < -0.39 is 5.97 Å². The van der Waals surface area contributed by atoms with Gasteiger partial charge >= 0.3 is 5.97 Å². The van der Waals surface area contributed by atoms with E-state index in [1.807, 2.05) is 0 Å². The third-order valence-electron chi connectivity index (χ3n) is 2.21. The number of carboxylic acid groups (broad SMARTS) is 1. The van der Waals surface area contributed by atoms with Crippen LogP contribution in [-0.4, -0.2) is 31.3 Å². The van der Waals surface area contributed by atoms with Crippen LogP contribution < -0.4 is 0 Å². The largest absolute Gasteiger partial charge is 0.481 e. The third kappa shape index (κ3) is 4.37. The molecule has 0 saturated heterocycles. The normalized spacial score (nSPS) is 10.9. The molecule has 1 N–H and O–H groups in total. The van der Waals surface area contributed by atoms with Crippen molar-refractivity contribution in [3.05, 3.63) is 5.82 Å². The molecule has 0 radical (unpaired) electrons. The Morgan fingerprint density at radius 1 is 1.44 bits per heavy atom. The molecular weight excluding hydrogens is 208 g/mol. The maximum absolute atomic E-state index is 10.3. The second-order valence-electron chi connectivity index (χ2n) is 4.27. The number of rotatable bonds is 7. The van der Waals surface area contributed by atoms with Crippen LogP contribution in [0.25, 0.3) is 0 Å². The van der Waals surface area contributed by atoms with Gasteiger partial charge in [0.2, 0.25) is 0 Å². The van der Waals surface area contributed by atoms with Crippen LogP contribution in [0.2, 0.25) is 0 Å². The number of nitrogens with zero attached hydrogens (tertiary/aromatic N) is 4. The Morgan fingerprint density at radius 3 is 2.81 bits per heavy atom. The molecule has 0 atom stereocenters. The summed E-state index contributed by atoms with van der Waals surface area (Å²) in [4.78, 5) is 10.3. The monoisotopic (exact) mass is 226 g/mol. The number of tetrazole rings is 1. The molecule has 16 heavy (non-hydrogen) atoms. The molecule has 6 nitrogen and oxygen atoms in total. The van der Waals surface area contributed by atoms with Crippen molar-refractivity contribution in [2.24, 2.45) is 5.92 Å². The Hall–Kier alpha value is -1.46. The number of aryl methyl sites for hydroxylation is 1. The number of unbranched alkanes of at least 4 members (excludes halogenated alkanes) is 1. The van der Waals surface area contributed by atoms with E-state index in [0.717, 1.165) is 18.7 Å². The van der Waals surface area contributed by atoms with Crippen molar-refractivity contribution in [1.82, 2.24) is 20.2 Å². The minimum absolute atomic E-state index is 0.210. The lowest BCUT2D eigenvalue weighted by Gasteiger charge is -2.05. The van der Waals surface area contributed by atoms with Gasteiger partial charge in [-0.25, -0.2) is 4.68 Å². The number of carboxylic acids is 1. The SMILES string of the molecule is CC(C)Cc1nnnn1CCCCC(=O)O. The number of hydrogen-bond donors (Lipinski definition) is 1. The van der Waals surface area contributed by atoms with E-state index in [1.165, 1.54) is 0 Å². The molecule has 1 rings (SSSR count). The summed E-state index contributed by atoms with van der Waals surface area (Å²) in [6.45, 7) is 4.93. The summed E-state index contributed by atoms with van der Waals surface area (Å²) in [6, 6.07) is 0. The summed E-state index contributed by atoms with van der Waals surface area (Å²) >= 11 is 0. The first-order valence-corrected chi connectivity index (χ1v) is 5.56. The second-order valence-corrected chi connectivity index (χ2v) is 4.27. The molecule has 0 spiro atoms. The number of aromatic nitrogens is 4. The van der Waals surface area contributed by atoms with Gasteiger partial charge < -0.3 is 5.11 Å². The molecule has 0 aliphatic heterocycles. The molecule has 0 amide bonds. The van der Waals surface area contributed by atoms with Crippen molar-refractivity contribution in [1.29, 1.82) is 0 Å². The standard InChI is InChI=1S/C10H18N4O2/c1-8(2)7-9-11-12-13-14(9)6-4-3-5-10(15)16/h8H,3-7H2,1-2H3,(H,15,16). The van der Waals surface area contributed by atoms with E-state index in [1.54, 1.807) is 4.68 Å². The third-order valence-corrected chi connectivity index (χ3v) is 2.21. The van der Waals surface area contributed by atoms with Gasteiger partial charge in [-0.2, -0.15) is 0 Å². The number of aliphatic carboxylic acids is 1. The number of hydrogen-bond acceptors (Lipinski definition) is 4. The van der Waals surface area contributed by atoms with Gasteiger partial charge in [-0.15, -0.1) is 5.10 Å². The van der Waals surface area contributed by atoms with Crippen LogP contribution in [0.4, 0.5) is 0 Å². The summed E-state index contributed by atoms with van der Waals surface area (Å²) in [7, 11) is 0. The molecule has 1 aromatic heterocycles. The summed E-state index contributed by atoms with van der Waals surface area (Å²) in [5.41, 5.74) is 0. The van der Waals surface area contributed by atoms with Crippen LogP contribution in [0.3, 0.4) is 0 Å². The Bertz CT molecular complexity index is 335. The first kappa shape index (κ1) is 12.6. The van der Waals surface area contributed by atoms with E-state index in [2.05, 4.69) is 29.4 Å². The molecule has 0 saturated carbocycles. The van der Waals surface area contributed by atoms with E-state index in [9.17, 15) is 4.79 Å². The van der Waals surface area contributed by atoms with Crippen LogP contribution in [0, 0.1) is 5.92 Å². The zero-order valence-electron chi connectivity index (χ0n) is 9.76. The van der Waals surface area contributed by atoms with E-state index in [-0.39, 0.29) is 6.42 Å². The van der Waals surface area contributed by atoms with Crippen molar-refractivity contribution in [3.63, 3.8) is 0 Å². The first-order chi connectivity index (χ1) is 7.59. The second kappa shape index (κ2) is 6.19. The van der Waals surface area contributed by atoms with Gasteiger partial charge in [-0.1, -0.05) is 13.8 Å². The lowest BCUT2D eigenvalue weighted by molar-refractivity contribution is -0.137. The highest BCUT2D eigenvalue weighted by molar-refractivity contribution is 5.66. The Kier molecular flexibility index (Phi) is 4.88. The van der Waals surface area contributed by atoms with Crippen LogP contribution >= 0.6 is 0 Å². The fourth-order valence-corrected chi connectivity index (χ4v) is 1.45. The van der Waals surface area contributed by atoms with E-state index >= 15 is 0 Å². The Morgan fingerprint density at radius 2 is 2.19 bits per heavy atom. The topological polar surface area (TPSA) is 80.9 Å². The molecule has 0 aromatic carbocycles. The van der Waals surface area contributed by atoms with E-state index in [0.29, 0.717) is 18.9 Å². The van der Waals surface area contributed by atoms with Crippen LogP contribution in [0.1, 0.15) is 38.9 Å². The molecule has 6 heteroatoms. The maximum atomic E-state index is 10.3.